The van der Waals surface area contributed by atoms with Crippen molar-refractivity contribution < 1.29 is 9.53 Å². The van der Waals surface area contributed by atoms with Crippen molar-refractivity contribution in [2.24, 2.45) is 11.7 Å². The van der Waals surface area contributed by atoms with E-state index in [9.17, 15) is 4.79 Å². The molecule has 26 heavy (non-hydrogen) atoms. The minimum atomic E-state index is -0.568. The summed E-state index contributed by atoms with van der Waals surface area (Å²) in [7, 11) is 0. The van der Waals surface area contributed by atoms with Crippen molar-refractivity contribution in [1.29, 1.82) is 0 Å². The molecule has 1 aromatic carbocycles. The Hall–Kier alpha value is -0.910. The lowest BCUT2D eigenvalue weighted by atomic mass is 9.84. The van der Waals surface area contributed by atoms with Crippen LogP contribution in [0.15, 0.2) is 28.7 Å². The number of benzene rings is 1. The third-order valence-corrected chi connectivity index (χ3v) is 5.55. The minimum Gasteiger partial charge on any atom is -0.364 e. The summed E-state index contributed by atoms with van der Waals surface area (Å²) in [6.07, 6.45) is 7.44. The van der Waals surface area contributed by atoms with E-state index in [-0.39, 0.29) is 18.1 Å². The van der Waals surface area contributed by atoms with E-state index < -0.39 is 6.10 Å². The van der Waals surface area contributed by atoms with Crippen LogP contribution < -0.4 is 11.1 Å². The summed E-state index contributed by atoms with van der Waals surface area (Å²) in [5, 5.41) is 3.01. The van der Waals surface area contributed by atoms with Gasteiger partial charge in [-0.1, -0.05) is 60.2 Å². The first-order valence-corrected chi connectivity index (χ1v) is 10.7. The quantitative estimate of drug-likeness (QED) is 0.623. The van der Waals surface area contributed by atoms with E-state index in [4.69, 9.17) is 10.5 Å². The third kappa shape index (κ3) is 7.37. The van der Waals surface area contributed by atoms with Crippen molar-refractivity contribution in [3.8, 4) is 0 Å². The summed E-state index contributed by atoms with van der Waals surface area (Å²) in [6, 6.07) is 7.91. The van der Waals surface area contributed by atoms with Crippen molar-refractivity contribution >= 4 is 21.8 Å². The summed E-state index contributed by atoms with van der Waals surface area (Å²) >= 11 is 3.44. The maximum absolute atomic E-state index is 12.7. The minimum absolute atomic E-state index is 0.0189. The number of carbonyl (C=O) groups excluding carboxylic acids is 1. The first-order chi connectivity index (χ1) is 12.5. The lowest BCUT2D eigenvalue weighted by Gasteiger charge is -2.30. The average molecular weight is 425 g/mol. The summed E-state index contributed by atoms with van der Waals surface area (Å²) in [5.41, 5.74) is 7.60. The van der Waals surface area contributed by atoms with Gasteiger partial charge in [0, 0.05) is 17.1 Å². The fraction of sp³-hybridized carbons (Fsp3) is 0.667. The van der Waals surface area contributed by atoms with Gasteiger partial charge in [0.1, 0.15) is 0 Å². The molecule has 0 aromatic heterocycles. The Kier molecular flexibility index (Phi) is 9.09. The number of carbonyl (C=O) groups is 1. The zero-order valence-electron chi connectivity index (χ0n) is 16.0. The van der Waals surface area contributed by atoms with E-state index in [2.05, 4.69) is 33.4 Å². The highest BCUT2D eigenvalue weighted by molar-refractivity contribution is 9.10. The molecule has 146 valence electrons. The van der Waals surface area contributed by atoms with E-state index in [0.717, 1.165) is 17.3 Å². The number of halogens is 1. The number of ether oxygens (including phenoxy) is 1. The van der Waals surface area contributed by atoms with Crippen LogP contribution in [-0.4, -0.2) is 30.7 Å². The molecule has 1 aliphatic rings. The number of amides is 1. The van der Waals surface area contributed by atoms with Crippen LogP contribution in [0.2, 0.25) is 0 Å². The number of hydrogen-bond donors (Lipinski definition) is 2. The second-order valence-corrected chi connectivity index (χ2v) is 8.59. The molecule has 1 fully saturated rings. The molecule has 1 aromatic rings. The molecule has 0 bridgehead atoms. The van der Waals surface area contributed by atoms with Crippen LogP contribution in [0.25, 0.3) is 0 Å². The maximum Gasteiger partial charge on any atom is 0.250 e. The Morgan fingerprint density at radius 2 is 1.88 bits per heavy atom. The van der Waals surface area contributed by atoms with Crippen molar-refractivity contribution in [3.63, 3.8) is 0 Å². The van der Waals surface area contributed by atoms with E-state index >= 15 is 0 Å². The van der Waals surface area contributed by atoms with Gasteiger partial charge in [0.2, 0.25) is 0 Å². The summed E-state index contributed by atoms with van der Waals surface area (Å²) in [6.45, 7) is 4.50. The molecule has 4 nitrogen and oxygen atoms in total. The Bertz CT molecular complexity index is 541. The Morgan fingerprint density at radius 1 is 1.23 bits per heavy atom. The van der Waals surface area contributed by atoms with E-state index in [0.29, 0.717) is 12.5 Å². The van der Waals surface area contributed by atoms with Crippen molar-refractivity contribution in [2.75, 3.05) is 6.54 Å². The molecule has 1 aliphatic carbocycles. The van der Waals surface area contributed by atoms with Crippen LogP contribution in [0.1, 0.15) is 57.9 Å². The Labute approximate surface area is 166 Å². The fourth-order valence-corrected chi connectivity index (χ4v) is 3.93. The van der Waals surface area contributed by atoms with Gasteiger partial charge in [0.25, 0.3) is 5.91 Å². The van der Waals surface area contributed by atoms with Crippen molar-refractivity contribution in [2.45, 2.75) is 77.0 Å². The van der Waals surface area contributed by atoms with Gasteiger partial charge in [-0.3, -0.25) is 4.79 Å². The molecule has 0 aliphatic heterocycles. The monoisotopic (exact) mass is 424 g/mol. The summed E-state index contributed by atoms with van der Waals surface area (Å²) in [5.74, 6) is 0.548. The van der Waals surface area contributed by atoms with Crippen LogP contribution in [0, 0.1) is 5.92 Å². The molecule has 0 spiro atoms. The molecular weight excluding hydrogens is 392 g/mol. The van der Waals surface area contributed by atoms with Gasteiger partial charge in [0.15, 0.2) is 6.10 Å². The third-order valence-electron chi connectivity index (χ3n) is 5.02. The van der Waals surface area contributed by atoms with Gasteiger partial charge in [-0.2, -0.15) is 0 Å². The Morgan fingerprint density at radius 3 is 2.50 bits per heavy atom. The van der Waals surface area contributed by atoms with Crippen LogP contribution in [0.3, 0.4) is 0 Å². The molecule has 2 rings (SSSR count). The van der Waals surface area contributed by atoms with Gasteiger partial charge >= 0.3 is 0 Å². The van der Waals surface area contributed by atoms with E-state index in [1.165, 1.54) is 37.7 Å². The van der Waals surface area contributed by atoms with Crippen LogP contribution >= 0.6 is 15.9 Å². The van der Waals surface area contributed by atoms with Crippen molar-refractivity contribution in [1.82, 2.24) is 5.32 Å². The number of nitrogens with two attached hydrogens (primary N) is 1. The fourth-order valence-electron chi connectivity index (χ4n) is 3.66. The predicted octanol–water partition coefficient (Wildman–Crippen LogP) is 4.20. The Balaban J connectivity index is 1.85. The van der Waals surface area contributed by atoms with E-state index in [1.54, 1.807) is 0 Å². The number of rotatable bonds is 9. The maximum atomic E-state index is 12.7. The lowest BCUT2D eigenvalue weighted by molar-refractivity contribution is -0.137. The molecule has 0 saturated heterocycles. The van der Waals surface area contributed by atoms with Gasteiger partial charge in [0.05, 0.1) is 6.10 Å². The molecule has 0 radical (unpaired) electrons. The van der Waals surface area contributed by atoms with Crippen LogP contribution in [0.4, 0.5) is 0 Å². The number of hydrogen-bond acceptors (Lipinski definition) is 3. The average Bonchev–Trinajstić information content (AvgIpc) is 2.62. The molecule has 3 N–H and O–H groups in total. The topological polar surface area (TPSA) is 64.3 Å². The zero-order valence-corrected chi connectivity index (χ0v) is 17.6. The van der Waals surface area contributed by atoms with E-state index in [1.807, 2.05) is 26.0 Å². The standard InChI is InChI=1S/C21H33BrN2O2/c1-15(2)26-20(19(23)14-17-6-4-3-5-7-17)21(25)24-13-12-16-8-10-18(22)11-9-16/h8-11,15,17,19-20H,3-7,12-14,23H2,1-2H3,(H,24,25)/t19-,20?/m1/s1. The molecule has 1 saturated carbocycles. The molecule has 2 atom stereocenters. The van der Waals surface area contributed by atoms with Crippen molar-refractivity contribution in [3.05, 3.63) is 34.3 Å². The predicted molar refractivity (Wildman–Crippen MR) is 110 cm³/mol. The smallest absolute Gasteiger partial charge is 0.250 e. The van der Waals surface area contributed by atoms with Crippen LogP contribution in [0.5, 0.6) is 0 Å². The molecular formula is C21H33BrN2O2. The first kappa shape index (κ1) is 21.4. The SMILES string of the molecule is CC(C)OC(C(=O)NCCc1ccc(Br)cc1)[C@H](N)CC1CCCCC1. The first-order valence-electron chi connectivity index (χ1n) is 9.89. The zero-order chi connectivity index (χ0) is 18.9. The summed E-state index contributed by atoms with van der Waals surface area (Å²) < 4.78 is 6.95. The second kappa shape index (κ2) is 11.1. The lowest BCUT2D eigenvalue weighted by Crippen LogP contribution is -2.50. The molecule has 5 heteroatoms. The van der Waals surface area contributed by atoms with Gasteiger partial charge in [-0.15, -0.1) is 0 Å². The highest BCUT2D eigenvalue weighted by Crippen LogP contribution is 2.28. The second-order valence-electron chi connectivity index (χ2n) is 7.68. The normalized spacial score (nSPS) is 17.9. The highest BCUT2D eigenvalue weighted by atomic mass is 79.9. The highest BCUT2D eigenvalue weighted by Gasteiger charge is 2.29. The largest absolute Gasteiger partial charge is 0.364 e. The van der Waals surface area contributed by atoms with Crippen LogP contribution in [-0.2, 0) is 16.0 Å². The molecule has 1 unspecified atom stereocenters. The molecule has 1 amide bonds. The number of nitrogens with one attached hydrogen (secondary N) is 1. The molecule has 0 heterocycles. The van der Waals surface area contributed by atoms with Gasteiger partial charge < -0.3 is 15.8 Å². The van der Waals surface area contributed by atoms with Gasteiger partial charge in [-0.05, 0) is 50.3 Å². The summed E-state index contributed by atoms with van der Waals surface area (Å²) in [4.78, 5) is 12.7. The van der Waals surface area contributed by atoms with Gasteiger partial charge in [-0.25, -0.2) is 0 Å².